The lowest BCUT2D eigenvalue weighted by atomic mass is 10.2. The lowest BCUT2D eigenvalue weighted by molar-refractivity contribution is 0.311. The van der Waals surface area contributed by atoms with Crippen LogP contribution < -0.4 is 5.32 Å². The molecule has 3 N–H and O–H groups in total. The number of H-pyrrole nitrogens is 1. The number of fused-ring (bicyclic) bond motifs is 1. The predicted octanol–water partition coefficient (Wildman–Crippen LogP) is 1.57. The lowest BCUT2D eigenvalue weighted by Gasteiger charge is -2.03. The van der Waals surface area contributed by atoms with E-state index >= 15 is 0 Å². The van der Waals surface area contributed by atoms with Crippen molar-refractivity contribution in [2.45, 2.75) is 0 Å². The monoisotopic (exact) mass is 176 g/mol. The Hall–Kier alpha value is -1.48. The number of hydrogen-bond acceptors (Lipinski definition) is 2. The highest BCUT2D eigenvalue weighted by Gasteiger charge is 1.95. The van der Waals surface area contributed by atoms with Gasteiger partial charge in [-0.15, -0.1) is 0 Å². The van der Waals surface area contributed by atoms with Crippen LogP contribution in [0.3, 0.4) is 0 Å². The number of aromatic amines is 1. The Kier molecular flexibility index (Phi) is 2.19. The third kappa shape index (κ3) is 1.65. The first kappa shape index (κ1) is 8.13. The molecular formula is C10H12N2O. The van der Waals surface area contributed by atoms with Crippen molar-refractivity contribution in [3.05, 3.63) is 30.5 Å². The Morgan fingerprint density at radius 2 is 2.23 bits per heavy atom. The molecular weight excluding hydrogens is 164 g/mol. The molecule has 68 valence electrons. The van der Waals surface area contributed by atoms with E-state index in [2.05, 4.69) is 10.3 Å². The van der Waals surface area contributed by atoms with Crippen LogP contribution in [0.4, 0.5) is 5.69 Å². The molecule has 0 amide bonds. The van der Waals surface area contributed by atoms with Crippen LogP contribution in [-0.2, 0) is 0 Å². The standard InChI is InChI=1S/C10H12N2O/c13-6-5-11-9-2-1-8-3-4-12-10(8)7-9/h1-4,7,11-13H,5-6H2. The highest BCUT2D eigenvalue weighted by molar-refractivity contribution is 5.82. The van der Waals surface area contributed by atoms with Gasteiger partial charge in [-0.25, -0.2) is 0 Å². The van der Waals surface area contributed by atoms with E-state index in [0.717, 1.165) is 11.2 Å². The summed E-state index contributed by atoms with van der Waals surface area (Å²) in [6.45, 7) is 0.745. The van der Waals surface area contributed by atoms with E-state index in [1.165, 1.54) is 5.39 Å². The molecule has 0 aliphatic carbocycles. The van der Waals surface area contributed by atoms with Gasteiger partial charge in [0.25, 0.3) is 0 Å². The molecule has 0 aliphatic heterocycles. The number of benzene rings is 1. The van der Waals surface area contributed by atoms with Gasteiger partial charge in [-0.05, 0) is 23.6 Å². The van der Waals surface area contributed by atoms with Crippen molar-refractivity contribution in [1.29, 1.82) is 0 Å². The molecule has 1 aromatic heterocycles. The van der Waals surface area contributed by atoms with Gasteiger partial charge in [0, 0.05) is 23.9 Å². The number of hydrogen-bond donors (Lipinski definition) is 3. The first-order valence-corrected chi connectivity index (χ1v) is 4.32. The van der Waals surface area contributed by atoms with Crippen molar-refractivity contribution in [2.24, 2.45) is 0 Å². The average Bonchev–Trinajstić information content (AvgIpc) is 2.61. The molecule has 0 saturated carbocycles. The summed E-state index contributed by atoms with van der Waals surface area (Å²) in [5.41, 5.74) is 2.15. The molecule has 0 unspecified atom stereocenters. The van der Waals surface area contributed by atoms with Gasteiger partial charge in [-0.3, -0.25) is 0 Å². The molecule has 1 aromatic carbocycles. The summed E-state index contributed by atoms with van der Waals surface area (Å²) in [5, 5.41) is 12.9. The highest BCUT2D eigenvalue weighted by Crippen LogP contribution is 2.17. The molecule has 0 atom stereocenters. The number of aromatic nitrogens is 1. The van der Waals surface area contributed by atoms with Crippen LogP contribution in [0.25, 0.3) is 10.9 Å². The normalized spacial score (nSPS) is 10.5. The summed E-state index contributed by atoms with van der Waals surface area (Å²) in [4.78, 5) is 3.13. The fraction of sp³-hybridized carbons (Fsp3) is 0.200. The summed E-state index contributed by atoms with van der Waals surface area (Å²) in [5.74, 6) is 0. The summed E-state index contributed by atoms with van der Waals surface area (Å²) in [6, 6.07) is 8.12. The largest absolute Gasteiger partial charge is 0.395 e. The van der Waals surface area contributed by atoms with E-state index in [9.17, 15) is 0 Å². The van der Waals surface area contributed by atoms with E-state index in [4.69, 9.17) is 5.11 Å². The minimum absolute atomic E-state index is 0.156. The molecule has 0 bridgehead atoms. The molecule has 1 heterocycles. The molecule has 0 fully saturated rings. The first-order valence-electron chi connectivity index (χ1n) is 4.32. The second kappa shape index (κ2) is 3.49. The van der Waals surface area contributed by atoms with Crippen molar-refractivity contribution < 1.29 is 5.11 Å². The van der Waals surface area contributed by atoms with Crippen molar-refractivity contribution in [1.82, 2.24) is 4.98 Å². The maximum atomic E-state index is 8.63. The van der Waals surface area contributed by atoms with Crippen LogP contribution in [0, 0.1) is 0 Å². The van der Waals surface area contributed by atoms with Gasteiger partial charge in [-0.1, -0.05) is 6.07 Å². The zero-order valence-electron chi connectivity index (χ0n) is 7.25. The Balaban J connectivity index is 2.26. The Morgan fingerprint density at radius 1 is 1.31 bits per heavy atom. The van der Waals surface area contributed by atoms with Crippen LogP contribution >= 0.6 is 0 Å². The predicted molar refractivity (Wildman–Crippen MR) is 53.9 cm³/mol. The lowest BCUT2D eigenvalue weighted by Crippen LogP contribution is -2.04. The second-order valence-corrected chi connectivity index (χ2v) is 2.93. The van der Waals surface area contributed by atoms with Crippen LogP contribution in [0.15, 0.2) is 30.5 Å². The molecule has 0 saturated heterocycles. The topological polar surface area (TPSA) is 48.0 Å². The van der Waals surface area contributed by atoms with Gasteiger partial charge in [0.2, 0.25) is 0 Å². The van der Waals surface area contributed by atoms with Crippen LogP contribution in [0.2, 0.25) is 0 Å². The number of nitrogens with one attached hydrogen (secondary N) is 2. The number of aliphatic hydroxyl groups is 1. The summed E-state index contributed by atoms with van der Waals surface area (Å²) in [6.07, 6.45) is 1.92. The van der Waals surface area contributed by atoms with Gasteiger partial charge in [0.1, 0.15) is 0 Å². The van der Waals surface area contributed by atoms with Crippen LogP contribution in [0.1, 0.15) is 0 Å². The van der Waals surface area contributed by atoms with Crippen molar-refractivity contribution in [3.8, 4) is 0 Å². The maximum Gasteiger partial charge on any atom is 0.0604 e. The third-order valence-corrected chi connectivity index (χ3v) is 2.00. The van der Waals surface area contributed by atoms with Crippen molar-refractivity contribution in [3.63, 3.8) is 0 Å². The van der Waals surface area contributed by atoms with Gasteiger partial charge >= 0.3 is 0 Å². The SMILES string of the molecule is OCCNc1ccc2cc[nH]c2c1. The van der Waals surface area contributed by atoms with E-state index in [0.29, 0.717) is 6.54 Å². The van der Waals surface area contributed by atoms with E-state index in [1.54, 1.807) is 0 Å². The fourth-order valence-electron chi connectivity index (χ4n) is 1.36. The minimum atomic E-state index is 0.156. The molecule has 3 heteroatoms. The fourth-order valence-corrected chi connectivity index (χ4v) is 1.36. The maximum absolute atomic E-state index is 8.63. The van der Waals surface area contributed by atoms with Crippen LogP contribution in [0.5, 0.6) is 0 Å². The Bertz CT molecular complexity index is 394. The number of aliphatic hydroxyl groups excluding tert-OH is 1. The molecule has 2 rings (SSSR count). The van der Waals surface area contributed by atoms with E-state index in [-0.39, 0.29) is 6.61 Å². The minimum Gasteiger partial charge on any atom is -0.395 e. The molecule has 0 spiro atoms. The number of anilines is 1. The first-order chi connectivity index (χ1) is 6.40. The Labute approximate surface area is 76.4 Å². The molecule has 2 aromatic rings. The number of rotatable bonds is 3. The zero-order chi connectivity index (χ0) is 9.10. The molecule has 3 nitrogen and oxygen atoms in total. The van der Waals surface area contributed by atoms with Crippen molar-refractivity contribution in [2.75, 3.05) is 18.5 Å². The zero-order valence-corrected chi connectivity index (χ0v) is 7.25. The van der Waals surface area contributed by atoms with Crippen LogP contribution in [-0.4, -0.2) is 23.2 Å². The molecule has 0 radical (unpaired) electrons. The summed E-state index contributed by atoms with van der Waals surface area (Å²) >= 11 is 0. The van der Waals surface area contributed by atoms with Gasteiger partial charge in [0.15, 0.2) is 0 Å². The van der Waals surface area contributed by atoms with Gasteiger partial charge < -0.3 is 15.4 Å². The summed E-state index contributed by atoms with van der Waals surface area (Å²) in [7, 11) is 0. The second-order valence-electron chi connectivity index (χ2n) is 2.93. The van der Waals surface area contributed by atoms with E-state index in [1.807, 2.05) is 30.5 Å². The smallest absolute Gasteiger partial charge is 0.0604 e. The molecule has 0 aliphatic rings. The average molecular weight is 176 g/mol. The summed E-state index contributed by atoms with van der Waals surface area (Å²) < 4.78 is 0. The van der Waals surface area contributed by atoms with Crippen molar-refractivity contribution >= 4 is 16.6 Å². The van der Waals surface area contributed by atoms with Gasteiger partial charge in [-0.2, -0.15) is 0 Å². The highest BCUT2D eigenvalue weighted by atomic mass is 16.3. The quantitative estimate of drug-likeness (QED) is 0.664. The third-order valence-electron chi connectivity index (χ3n) is 2.00. The molecule has 13 heavy (non-hydrogen) atoms. The van der Waals surface area contributed by atoms with E-state index < -0.39 is 0 Å². The Morgan fingerprint density at radius 3 is 3.08 bits per heavy atom. The van der Waals surface area contributed by atoms with Gasteiger partial charge in [0.05, 0.1) is 6.61 Å².